The van der Waals surface area contributed by atoms with Gasteiger partial charge >= 0.3 is 0 Å². The number of rotatable bonds is 7. The standard InChI is InChI=1S/C17H27N3/c1-19-13-14-20(17-8-4-3-7-16(17)19)12-6-2-5-11-18-15-9-10-15/h3-4,7-8,15,18H,2,5-6,9-14H2,1H3. The number of likely N-dealkylation sites (N-methyl/N-ethyl adjacent to an activating group) is 1. The number of nitrogens with one attached hydrogen (secondary N) is 1. The number of hydrogen-bond acceptors (Lipinski definition) is 3. The fraction of sp³-hybridized carbons (Fsp3) is 0.647. The van der Waals surface area contributed by atoms with Crippen molar-refractivity contribution in [1.82, 2.24) is 5.32 Å². The molecule has 0 saturated heterocycles. The predicted octanol–water partition coefficient (Wildman–Crippen LogP) is 2.87. The van der Waals surface area contributed by atoms with Crippen LogP contribution in [-0.4, -0.2) is 39.3 Å². The Kier molecular flexibility index (Phi) is 4.46. The van der Waals surface area contributed by atoms with E-state index in [1.807, 2.05) is 0 Å². The lowest BCUT2D eigenvalue weighted by molar-refractivity contribution is 0.590. The van der Waals surface area contributed by atoms with Crippen LogP contribution in [0, 0.1) is 0 Å². The number of hydrogen-bond donors (Lipinski definition) is 1. The summed E-state index contributed by atoms with van der Waals surface area (Å²) >= 11 is 0. The lowest BCUT2D eigenvalue weighted by atomic mass is 10.1. The van der Waals surface area contributed by atoms with E-state index >= 15 is 0 Å². The highest BCUT2D eigenvalue weighted by atomic mass is 15.2. The first-order chi connectivity index (χ1) is 9.84. The third-order valence-electron chi connectivity index (χ3n) is 4.45. The maximum atomic E-state index is 3.60. The van der Waals surface area contributed by atoms with Crippen LogP contribution in [0.15, 0.2) is 24.3 Å². The number of benzene rings is 1. The van der Waals surface area contributed by atoms with E-state index in [1.54, 1.807) is 0 Å². The molecule has 1 aliphatic heterocycles. The monoisotopic (exact) mass is 273 g/mol. The van der Waals surface area contributed by atoms with Crippen LogP contribution in [0.5, 0.6) is 0 Å². The Morgan fingerprint density at radius 1 is 1.05 bits per heavy atom. The van der Waals surface area contributed by atoms with Crippen molar-refractivity contribution < 1.29 is 0 Å². The minimum Gasteiger partial charge on any atom is -0.371 e. The first-order valence-corrected chi connectivity index (χ1v) is 8.13. The number of para-hydroxylation sites is 2. The first kappa shape index (κ1) is 13.7. The highest BCUT2D eigenvalue weighted by Crippen LogP contribution is 2.31. The molecular weight excluding hydrogens is 246 g/mol. The average Bonchev–Trinajstić information content (AvgIpc) is 3.29. The molecule has 0 atom stereocenters. The summed E-state index contributed by atoms with van der Waals surface area (Å²) in [5.41, 5.74) is 2.80. The second-order valence-corrected chi connectivity index (χ2v) is 6.19. The molecule has 0 spiro atoms. The van der Waals surface area contributed by atoms with Gasteiger partial charge in [0.15, 0.2) is 0 Å². The number of fused-ring (bicyclic) bond motifs is 1. The second kappa shape index (κ2) is 6.49. The van der Waals surface area contributed by atoms with E-state index in [-0.39, 0.29) is 0 Å². The summed E-state index contributed by atoms with van der Waals surface area (Å²) in [6.07, 6.45) is 6.78. The summed E-state index contributed by atoms with van der Waals surface area (Å²) < 4.78 is 0. The van der Waals surface area contributed by atoms with Crippen LogP contribution in [0.25, 0.3) is 0 Å². The molecule has 0 unspecified atom stereocenters. The van der Waals surface area contributed by atoms with Gasteiger partial charge in [0.25, 0.3) is 0 Å². The minimum absolute atomic E-state index is 0.861. The van der Waals surface area contributed by atoms with Crippen LogP contribution < -0.4 is 15.1 Å². The van der Waals surface area contributed by atoms with E-state index in [9.17, 15) is 0 Å². The summed E-state index contributed by atoms with van der Waals surface area (Å²) in [7, 11) is 2.19. The van der Waals surface area contributed by atoms with Crippen molar-refractivity contribution in [1.29, 1.82) is 0 Å². The highest BCUT2D eigenvalue weighted by molar-refractivity contribution is 5.72. The molecule has 3 nitrogen and oxygen atoms in total. The van der Waals surface area contributed by atoms with E-state index < -0.39 is 0 Å². The molecule has 1 heterocycles. The lowest BCUT2D eigenvalue weighted by Gasteiger charge is -2.37. The molecule has 2 aliphatic rings. The zero-order valence-electron chi connectivity index (χ0n) is 12.6. The van der Waals surface area contributed by atoms with Gasteiger partial charge in [0.05, 0.1) is 11.4 Å². The van der Waals surface area contributed by atoms with Gasteiger partial charge in [-0.3, -0.25) is 0 Å². The van der Waals surface area contributed by atoms with Crippen molar-refractivity contribution in [3.05, 3.63) is 24.3 Å². The Balaban J connectivity index is 1.42. The third-order valence-corrected chi connectivity index (χ3v) is 4.45. The van der Waals surface area contributed by atoms with Crippen LogP contribution in [-0.2, 0) is 0 Å². The molecule has 1 aliphatic carbocycles. The first-order valence-electron chi connectivity index (χ1n) is 8.13. The van der Waals surface area contributed by atoms with Crippen LogP contribution in [0.3, 0.4) is 0 Å². The number of nitrogens with zero attached hydrogens (tertiary/aromatic N) is 2. The van der Waals surface area contributed by atoms with E-state index in [0.717, 1.165) is 19.1 Å². The Morgan fingerprint density at radius 2 is 1.85 bits per heavy atom. The summed E-state index contributed by atoms with van der Waals surface area (Å²) in [6, 6.07) is 9.66. The molecule has 0 aromatic heterocycles. The van der Waals surface area contributed by atoms with Gasteiger partial charge in [0, 0.05) is 32.7 Å². The maximum absolute atomic E-state index is 3.60. The van der Waals surface area contributed by atoms with Gasteiger partial charge in [-0.25, -0.2) is 0 Å². The second-order valence-electron chi connectivity index (χ2n) is 6.19. The summed E-state index contributed by atoms with van der Waals surface area (Å²) in [4.78, 5) is 4.93. The van der Waals surface area contributed by atoms with Crippen LogP contribution in [0.4, 0.5) is 11.4 Å². The molecule has 0 radical (unpaired) electrons. The van der Waals surface area contributed by atoms with E-state index in [0.29, 0.717) is 0 Å². The molecule has 1 aromatic carbocycles. The quantitative estimate of drug-likeness (QED) is 0.771. The SMILES string of the molecule is CN1CCN(CCCCCNC2CC2)c2ccccc21. The fourth-order valence-electron chi connectivity index (χ4n) is 3.00. The van der Waals surface area contributed by atoms with Crippen molar-refractivity contribution in [2.24, 2.45) is 0 Å². The summed E-state index contributed by atoms with van der Waals surface area (Å²) in [5.74, 6) is 0. The molecule has 3 rings (SSSR count). The van der Waals surface area contributed by atoms with Crippen molar-refractivity contribution in [3.8, 4) is 0 Å². The van der Waals surface area contributed by atoms with Crippen molar-refractivity contribution >= 4 is 11.4 Å². The van der Waals surface area contributed by atoms with Crippen LogP contribution in [0.1, 0.15) is 32.1 Å². The Morgan fingerprint density at radius 3 is 2.65 bits per heavy atom. The van der Waals surface area contributed by atoms with Gasteiger partial charge in [-0.15, -0.1) is 0 Å². The Hall–Kier alpha value is -1.22. The fourth-order valence-corrected chi connectivity index (χ4v) is 3.00. The van der Waals surface area contributed by atoms with Crippen molar-refractivity contribution in [2.45, 2.75) is 38.1 Å². The van der Waals surface area contributed by atoms with Crippen LogP contribution >= 0.6 is 0 Å². The molecule has 110 valence electrons. The number of anilines is 2. The highest BCUT2D eigenvalue weighted by Gasteiger charge is 2.20. The predicted molar refractivity (Wildman–Crippen MR) is 86.8 cm³/mol. The Bertz CT molecular complexity index is 428. The zero-order chi connectivity index (χ0) is 13.8. The molecule has 1 fully saturated rings. The van der Waals surface area contributed by atoms with E-state index in [4.69, 9.17) is 0 Å². The lowest BCUT2D eigenvalue weighted by Crippen LogP contribution is -2.39. The molecule has 20 heavy (non-hydrogen) atoms. The zero-order valence-corrected chi connectivity index (χ0v) is 12.6. The van der Waals surface area contributed by atoms with E-state index in [2.05, 4.69) is 46.4 Å². The summed E-state index contributed by atoms with van der Waals surface area (Å²) in [5, 5.41) is 3.60. The molecule has 1 saturated carbocycles. The molecule has 1 N–H and O–H groups in total. The van der Waals surface area contributed by atoms with Crippen LogP contribution in [0.2, 0.25) is 0 Å². The van der Waals surface area contributed by atoms with Crippen molar-refractivity contribution in [2.75, 3.05) is 43.0 Å². The van der Waals surface area contributed by atoms with Crippen molar-refractivity contribution in [3.63, 3.8) is 0 Å². The van der Waals surface area contributed by atoms with Gasteiger partial charge in [-0.05, 0) is 44.4 Å². The summed E-state index contributed by atoms with van der Waals surface area (Å²) in [6.45, 7) is 4.71. The molecule has 0 bridgehead atoms. The molecule has 0 amide bonds. The average molecular weight is 273 g/mol. The van der Waals surface area contributed by atoms with Gasteiger partial charge in [-0.2, -0.15) is 0 Å². The van der Waals surface area contributed by atoms with Gasteiger partial charge in [0.1, 0.15) is 0 Å². The van der Waals surface area contributed by atoms with E-state index in [1.165, 1.54) is 56.6 Å². The van der Waals surface area contributed by atoms with Gasteiger partial charge in [-0.1, -0.05) is 18.6 Å². The smallest absolute Gasteiger partial charge is 0.0604 e. The molecule has 1 aromatic rings. The largest absolute Gasteiger partial charge is 0.371 e. The maximum Gasteiger partial charge on any atom is 0.0604 e. The molecule has 3 heteroatoms. The Labute approximate surface area is 123 Å². The topological polar surface area (TPSA) is 18.5 Å². The minimum atomic E-state index is 0.861. The van der Waals surface area contributed by atoms with Gasteiger partial charge in [0.2, 0.25) is 0 Å². The normalized spacial score (nSPS) is 18.2. The van der Waals surface area contributed by atoms with Gasteiger partial charge < -0.3 is 15.1 Å². The third kappa shape index (κ3) is 3.45. The number of unbranched alkanes of at least 4 members (excludes halogenated alkanes) is 2. The molecular formula is C17H27N3.